The van der Waals surface area contributed by atoms with Gasteiger partial charge in [-0.2, -0.15) is 0 Å². The Morgan fingerprint density at radius 3 is 2.58 bits per heavy atom. The van der Waals surface area contributed by atoms with Crippen LogP contribution in [0.5, 0.6) is 11.5 Å². The molecule has 33 heavy (non-hydrogen) atoms. The lowest BCUT2D eigenvalue weighted by molar-refractivity contribution is -0.133. The van der Waals surface area contributed by atoms with Crippen molar-refractivity contribution in [3.63, 3.8) is 0 Å². The van der Waals surface area contributed by atoms with E-state index in [0.717, 1.165) is 36.3 Å². The molecule has 0 bridgehead atoms. The van der Waals surface area contributed by atoms with E-state index in [1.54, 1.807) is 13.8 Å². The number of Topliss-reactive ketones (excluding diaryl/α,β-unsaturated/α-hetero) is 1. The second kappa shape index (κ2) is 11.3. The number of aliphatic hydroxyl groups excluding tert-OH is 1. The number of carbonyl (C=O) groups is 2. The number of aliphatic hydroxyl groups is 1. The quantitative estimate of drug-likeness (QED) is 0.585. The summed E-state index contributed by atoms with van der Waals surface area (Å²) < 4.78 is 11.5. The van der Waals surface area contributed by atoms with Crippen LogP contribution in [0.15, 0.2) is 48.5 Å². The molecule has 6 nitrogen and oxygen atoms in total. The summed E-state index contributed by atoms with van der Waals surface area (Å²) in [6.45, 7) is 7.27. The maximum Gasteiger partial charge on any atom is 0.227 e. The predicted molar refractivity (Wildman–Crippen MR) is 128 cm³/mol. The molecule has 0 aromatic heterocycles. The molecule has 1 atom stereocenters. The first-order valence-corrected chi connectivity index (χ1v) is 11.7. The van der Waals surface area contributed by atoms with Crippen LogP contribution in [-0.4, -0.2) is 53.6 Å². The first-order valence-electron chi connectivity index (χ1n) is 11.7. The fourth-order valence-corrected chi connectivity index (χ4v) is 4.22. The normalized spacial score (nSPS) is 16.4. The largest absolute Gasteiger partial charge is 0.494 e. The average molecular weight is 454 g/mol. The van der Waals surface area contributed by atoms with Crippen molar-refractivity contribution in [2.45, 2.75) is 58.0 Å². The summed E-state index contributed by atoms with van der Waals surface area (Å²) in [7, 11) is 0. The number of carbonyl (C=O) groups excluding carboxylic acids is 2. The third kappa shape index (κ3) is 6.81. The highest BCUT2D eigenvalue weighted by molar-refractivity contribution is 5.86. The Hall–Kier alpha value is -2.86. The first-order chi connectivity index (χ1) is 15.8. The van der Waals surface area contributed by atoms with Crippen molar-refractivity contribution in [2.24, 2.45) is 0 Å². The third-order valence-corrected chi connectivity index (χ3v) is 6.08. The molecule has 6 heteroatoms. The number of ether oxygens (including phenoxy) is 2. The number of hydrogen-bond acceptors (Lipinski definition) is 5. The second-order valence-corrected chi connectivity index (χ2v) is 9.01. The Balaban J connectivity index is 1.63. The number of nitrogens with zero attached hydrogens (tertiary/aromatic N) is 1. The minimum atomic E-state index is -1.01. The number of amides is 1. The van der Waals surface area contributed by atoms with Crippen molar-refractivity contribution in [1.82, 2.24) is 4.90 Å². The first kappa shape index (κ1) is 24.8. The highest BCUT2D eigenvalue weighted by Crippen LogP contribution is 2.31. The molecule has 1 saturated heterocycles. The lowest BCUT2D eigenvalue weighted by Crippen LogP contribution is -2.40. The molecule has 178 valence electrons. The molecule has 2 aromatic rings. The molecule has 1 fully saturated rings. The highest BCUT2D eigenvalue weighted by Gasteiger charge is 2.30. The van der Waals surface area contributed by atoms with Crippen molar-refractivity contribution in [1.29, 1.82) is 0 Å². The topological polar surface area (TPSA) is 76.1 Å². The fraction of sp³-hybridized carbons (Fsp3) is 0.481. The van der Waals surface area contributed by atoms with Gasteiger partial charge >= 0.3 is 0 Å². The van der Waals surface area contributed by atoms with Crippen LogP contribution in [0.1, 0.15) is 57.1 Å². The van der Waals surface area contributed by atoms with Crippen LogP contribution in [0, 0.1) is 0 Å². The molecule has 1 aliphatic rings. The van der Waals surface area contributed by atoms with Gasteiger partial charge in [-0.3, -0.25) is 9.59 Å². The van der Waals surface area contributed by atoms with Crippen LogP contribution < -0.4 is 9.47 Å². The van der Waals surface area contributed by atoms with Gasteiger partial charge in [-0.25, -0.2) is 0 Å². The highest BCUT2D eigenvalue weighted by atomic mass is 16.5. The van der Waals surface area contributed by atoms with E-state index < -0.39 is 5.60 Å². The zero-order valence-electron chi connectivity index (χ0n) is 19.9. The predicted octanol–water partition coefficient (Wildman–Crippen LogP) is 4.14. The van der Waals surface area contributed by atoms with Gasteiger partial charge < -0.3 is 19.5 Å². The Labute approximate surface area is 196 Å². The molecule has 1 aliphatic heterocycles. The summed E-state index contributed by atoms with van der Waals surface area (Å²) in [5.41, 5.74) is 1.08. The van der Waals surface area contributed by atoms with E-state index >= 15 is 0 Å². The number of piperidine rings is 1. The van der Waals surface area contributed by atoms with Crippen molar-refractivity contribution < 1.29 is 24.2 Å². The molecule has 1 N–H and O–H groups in total. The van der Waals surface area contributed by atoms with E-state index in [1.165, 1.54) is 0 Å². The van der Waals surface area contributed by atoms with Gasteiger partial charge in [0.15, 0.2) is 11.4 Å². The average Bonchev–Trinajstić information content (AvgIpc) is 2.80. The molecule has 3 rings (SSSR count). The van der Waals surface area contributed by atoms with Crippen molar-refractivity contribution in [3.8, 4) is 11.5 Å². The van der Waals surface area contributed by atoms with Crippen LogP contribution in [0.3, 0.4) is 0 Å². The van der Waals surface area contributed by atoms with Crippen LogP contribution >= 0.6 is 0 Å². The molecule has 0 aliphatic carbocycles. The molecule has 0 spiro atoms. The molecule has 2 aromatic carbocycles. The van der Waals surface area contributed by atoms with Gasteiger partial charge in [-0.05, 0) is 69.0 Å². The monoisotopic (exact) mass is 453 g/mol. The van der Waals surface area contributed by atoms with Gasteiger partial charge in [0.05, 0.1) is 19.6 Å². The van der Waals surface area contributed by atoms with Crippen LogP contribution in [0.25, 0.3) is 0 Å². The van der Waals surface area contributed by atoms with E-state index in [2.05, 4.69) is 6.07 Å². The van der Waals surface area contributed by atoms with Gasteiger partial charge in [0.2, 0.25) is 5.91 Å². The molecule has 1 heterocycles. The summed E-state index contributed by atoms with van der Waals surface area (Å²) >= 11 is 0. The Morgan fingerprint density at radius 1 is 1.12 bits per heavy atom. The minimum absolute atomic E-state index is 0.0702. The van der Waals surface area contributed by atoms with Gasteiger partial charge in [-0.15, -0.1) is 0 Å². The summed E-state index contributed by atoms with van der Waals surface area (Å²) in [6.07, 6.45) is 2.40. The lowest BCUT2D eigenvalue weighted by atomic mass is 9.90. The lowest BCUT2D eigenvalue weighted by Gasteiger charge is -2.33. The smallest absolute Gasteiger partial charge is 0.227 e. The van der Waals surface area contributed by atoms with E-state index in [4.69, 9.17) is 14.6 Å². The minimum Gasteiger partial charge on any atom is -0.494 e. The molecular weight excluding hydrogens is 418 g/mol. The third-order valence-electron chi connectivity index (χ3n) is 6.08. The zero-order chi connectivity index (χ0) is 23.8. The number of hydrogen-bond donors (Lipinski definition) is 1. The number of benzene rings is 2. The van der Waals surface area contributed by atoms with Gasteiger partial charge in [0.25, 0.3) is 0 Å². The summed E-state index contributed by atoms with van der Waals surface area (Å²) in [4.78, 5) is 27.1. The van der Waals surface area contributed by atoms with Crippen LogP contribution in [0.2, 0.25) is 0 Å². The number of rotatable bonds is 10. The standard InChI is InChI=1S/C27H35NO5/c1-4-32-23-12-10-20(11-13-23)17-26(31)28-15-6-8-22(19-28)21-7-5-9-24(18-21)33-27(2,3)25(30)14-16-29/h5,7,9-13,18,22,29H,4,6,8,14-17,19H2,1-3H3. The van der Waals surface area contributed by atoms with Crippen LogP contribution in [0.4, 0.5) is 0 Å². The fourth-order valence-electron chi connectivity index (χ4n) is 4.22. The number of likely N-dealkylation sites (tertiary alicyclic amines) is 1. The van der Waals surface area contributed by atoms with Gasteiger partial charge in [-0.1, -0.05) is 24.3 Å². The zero-order valence-corrected chi connectivity index (χ0v) is 19.9. The van der Waals surface area contributed by atoms with Crippen molar-refractivity contribution >= 4 is 11.7 Å². The van der Waals surface area contributed by atoms with Crippen molar-refractivity contribution in [2.75, 3.05) is 26.3 Å². The molecule has 0 radical (unpaired) electrons. The van der Waals surface area contributed by atoms with E-state index in [1.807, 2.05) is 54.3 Å². The number of ketones is 1. The van der Waals surface area contributed by atoms with Crippen molar-refractivity contribution in [3.05, 3.63) is 59.7 Å². The van der Waals surface area contributed by atoms with Gasteiger partial charge in [0.1, 0.15) is 11.5 Å². The summed E-state index contributed by atoms with van der Waals surface area (Å²) in [5.74, 6) is 1.66. The SMILES string of the molecule is CCOc1ccc(CC(=O)N2CCCC(c3cccc(OC(C)(C)C(=O)CCO)c3)C2)cc1. The maximum absolute atomic E-state index is 13.0. The van der Waals surface area contributed by atoms with Gasteiger partial charge in [0, 0.05) is 25.4 Å². The molecule has 1 unspecified atom stereocenters. The second-order valence-electron chi connectivity index (χ2n) is 9.01. The molecule has 0 saturated carbocycles. The van der Waals surface area contributed by atoms with E-state index in [-0.39, 0.29) is 30.6 Å². The Bertz CT molecular complexity index is 938. The Kier molecular flexibility index (Phi) is 8.50. The Morgan fingerprint density at radius 2 is 1.88 bits per heavy atom. The summed E-state index contributed by atoms with van der Waals surface area (Å²) in [5, 5.41) is 9.06. The van der Waals surface area contributed by atoms with Crippen LogP contribution in [-0.2, 0) is 16.0 Å². The van der Waals surface area contributed by atoms with E-state index in [0.29, 0.717) is 25.3 Å². The van der Waals surface area contributed by atoms with E-state index in [9.17, 15) is 9.59 Å². The molecule has 1 amide bonds. The maximum atomic E-state index is 13.0. The summed E-state index contributed by atoms with van der Waals surface area (Å²) in [6, 6.07) is 15.5. The molecular formula is C27H35NO5.